The summed E-state index contributed by atoms with van der Waals surface area (Å²) in [6, 6.07) is 3.56. The normalized spacial score (nSPS) is 16.9. The highest BCUT2D eigenvalue weighted by Crippen LogP contribution is 2.14. The molecule has 0 saturated carbocycles. The van der Waals surface area contributed by atoms with E-state index in [9.17, 15) is 18.0 Å². The SMILES string of the molecule is CS(=O)(=O)N1CCN(C(=O)CCC(=O)c2cccs2)CC1. The number of thiophene rings is 1. The largest absolute Gasteiger partial charge is 0.340 e. The number of hydrogen-bond donors (Lipinski definition) is 0. The molecular weight excluding hydrogens is 312 g/mol. The fourth-order valence-corrected chi connectivity index (χ4v) is 3.73. The molecule has 1 aromatic heterocycles. The Morgan fingerprint density at radius 1 is 1.19 bits per heavy atom. The highest BCUT2D eigenvalue weighted by molar-refractivity contribution is 7.88. The van der Waals surface area contributed by atoms with Crippen molar-refractivity contribution in [3.63, 3.8) is 0 Å². The van der Waals surface area contributed by atoms with Gasteiger partial charge in [0.1, 0.15) is 0 Å². The molecule has 1 fully saturated rings. The number of hydrogen-bond acceptors (Lipinski definition) is 5. The number of sulfonamides is 1. The van der Waals surface area contributed by atoms with Gasteiger partial charge in [0.05, 0.1) is 11.1 Å². The van der Waals surface area contributed by atoms with Crippen molar-refractivity contribution in [2.75, 3.05) is 32.4 Å². The molecule has 0 aliphatic carbocycles. The predicted molar refractivity (Wildman–Crippen MR) is 80.9 cm³/mol. The number of amides is 1. The van der Waals surface area contributed by atoms with Crippen molar-refractivity contribution in [1.29, 1.82) is 0 Å². The molecule has 0 bridgehead atoms. The second-order valence-corrected chi connectivity index (χ2v) is 7.87. The van der Waals surface area contributed by atoms with Crippen molar-refractivity contribution < 1.29 is 18.0 Å². The summed E-state index contributed by atoms with van der Waals surface area (Å²) in [5, 5.41) is 1.83. The topological polar surface area (TPSA) is 74.8 Å². The van der Waals surface area contributed by atoms with Crippen LogP contribution >= 0.6 is 11.3 Å². The maximum atomic E-state index is 12.0. The summed E-state index contributed by atoms with van der Waals surface area (Å²) in [4.78, 5) is 26.2. The molecule has 0 unspecified atom stereocenters. The average Bonchev–Trinajstić information content (AvgIpc) is 2.98. The van der Waals surface area contributed by atoms with Gasteiger partial charge in [-0.3, -0.25) is 9.59 Å². The molecule has 1 aliphatic rings. The van der Waals surface area contributed by atoms with Gasteiger partial charge in [-0.15, -0.1) is 11.3 Å². The second kappa shape index (κ2) is 6.67. The van der Waals surface area contributed by atoms with E-state index in [4.69, 9.17) is 0 Å². The van der Waals surface area contributed by atoms with Gasteiger partial charge in [-0.1, -0.05) is 6.07 Å². The Bertz CT molecular complexity index is 602. The molecule has 1 aliphatic heterocycles. The van der Waals surface area contributed by atoms with E-state index < -0.39 is 10.0 Å². The lowest BCUT2D eigenvalue weighted by atomic mass is 10.1. The Balaban J connectivity index is 1.79. The van der Waals surface area contributed by atoms with Crippen LogP contribution in [0.15, 0.2) is 17.5 Å². The summed E-state index contributed by atoms with van der Waals surface area (Å²) in [6.45, 7) is 1.42. The molecule has 2 rings (SSSR count). The van der Waals surface area contributed by atoms with Crippen molar-refractivity contribution in [1.82, 2.24) is 9.21 Å². The summed E-state index contributed by atoms with van der Waals surface area (Å²) in [5.74, 6) is -0.110. The smallest absolute Gasteiger partial charge is 0.223 e. The van der Waals surface area contributed by atoms with Crippen molar-refractivity contribution in [2.24, 2.45) is 0 Å². The van der Waals surface area contributed by atoms with Gasteiger partial charge >= 0.3 is 0 Å². The summed E-state index contributed by atoms with van der Waals surface area (Å²) < 4.78 is 24.1. The molecule has 21 heavy (non-hydrogen) atoms. The van der Waals surface area contributed by atoms with Crippen LogP contribution in [-0.2, 0) is 14.8 Å². The van der Waals surface area contributed by atoms with Crippen LogP contribution in [-0.4, -0.2) is 61.7 Å². The fourth-order valence-electron chi connectivity index (χ4n) is 2.21. The first-order chi connectivity index (χ1) is 9.88. The Morgan fingerprint density at radius 2 is 1.86 bits per heavy atom. The van der Waals surface area contributed by atoms with Gasteiger partial charge in [-0.25, -0.2) is 8.42 Å². The van der Waals surface area contributed by atoms with Gasteiger partial charge in [-0.2, -0.15) is 4.31 Å². The highest BCUT2D eigenvalue weighted by atomic mass is 32.2. The third-order valence-corrected chi connectivity index (χ3v) is 5.64. The molecule has 6 nitrogen and oxygen atoms in total. The van der Waals surface area contributed by atoms with E-state index >= 15 is 0 Å². The fraction of sp³-hybridized carbons (Fsp3) is 0.538. The van der Waals surface area contributed by atoms with E-state index in [0.717, 1.165) is 0 Å². The van der Waals surface area contributed by atoms with Crippen molar-refractivity contribution >= 4 is 33.1 Å². The number of carbonyl (C=O) groups excluding carboxylic acids is 2. The van der Waals surface area contributed by atoms with E-state index in [0.29, 0.717) is 31.1 Å². The van der Waals surface area contributed by atoms with Gasteiger partial charge in [0.15, 0.2) is 5.78 Å². The van der Waals surface area contributed by atoms with Gasteiger partial charge in [0, 0.05) is 39.0 Å². The van der Waals surface area contributed by atoms with Crippen LogP contribution in [0.3, 0.4) is 0 Å². The third kappa shape index (κ3) is 4.36. The summed E-state index contributed by atoms with van der Waals surface area (Å²) >= 11 is 1.37. The molecule has 8 heteroatoms. The molecule has 1 saturated heterocycles. The number of piperazine rings is 1. The first kappa shape index (κ1) is 16.1. The first-order valence-electron chi connectivity index (χ1n) is 6.67. The zero-order chi connectivity index (χ0) is 15.5. The third-order valence-electron chi connectivity index (χ3n) is 3.42. The Labute approximate surface area is 128 Å². The minimum Gasteiger partial charge on any atom is -0.340 e. The molecule has 116 valence electrons. The minimum absolute atomic E-state index is 0.0203. The zero-order valence-corrected chi connectivity index (χ0v) is 13.5. The van der Waals surface area contributed by atoms with E-state index in [1.807, 2.05) is 11.4 Å². The summed E-state index contributed by atoms with van der Waals surface area (Å²) in [7, 11) is -3.19. The average molecular weight is 330 g/mol. The number of nitrogens with zero attached hydrogens (tertiary/aromatic N) is 2. The van der Waals surface area contributed by atoms with E-state index in [-0.39, 0.29) is 24.5 Å². The van der Waals surface area contributed by atoms with E-state index in [1.54, 1.807) is 11.0 Å². The second-order valence-electron chi connectivity index (χ2n) is 4.94. The number of rotatable bonds is 5. The van der Waals surface area contributed by atoms with Crippen LogP contribution in [0.2, 0.25) is 0 Å². The minimum atomic E-state index is -3.19. The quantitative estimate of drug-likeness (QED) is 0.749. The van der Waals surface area contributed by atoms with Gasteiger partial charge in [0.2, 0.25) is 15.9 Å². The highest BCUT2D eigenvalue weighted by Gasteiger charge is 2.26. The summed E-state index contributed by atoms with van der Waals surface area (Å²) in [6.07, 6.45) is 1.55. The van der Waals surface area contributed by atoms with Crippen LogP contribution in [0.1, 0.15) is 22.5 Å². The van der Waals surface area contributed by atoms with Crippen LogP contribution in [0.5, 0.6) is 0 Å². The lowest BCUT2D eigenvalue weighted by molar-refractivity contribution is -0.132. The first-order valence-corrected chi connectivity index (χ1v) is 9.40. The van der Waals surface area contributed by atoms with Crippen LogP contribution in [0, 0.1) is 0 Å². The van der Waals surface area contributed by atoms with Gasteiger partial charge in [0.25, 0.3) is 0 Å². The van der Waals surface area contributed by atoms with Crippen molar-refractivity contribution in [3.05, 3.63) is 22.4 Å². The van der Waals surface area contributed by atoms with E-state index in [1.165, 1.54) is 21.9 Å². The zero-order valence-electron chi connectivity index (χ0n) is 11.8. The van der Waals surface area contributed by atoms with Crippen molar-refractivity contribution in [2.45, 2.75) is 12.8 Å². The number of ketones is 1. The molecule has 0 spiro atoms. The lowest BCUT2D eigenvalue weighted by Gasteiger charge is -2.33. The maximum absolute atomic E-state index is 12.0. The monoisotopic (exact) mass is 330 g/mol. The van der Waals surface area contributed by atoms with Crippen LogP contribution in [0.25, 0.3) is 0 Å². The van der Waals surface area contributed by atoms with Gasteiger partial charge in [-0.05, 0) is 11.4 Å². The maximum Gasteiger partial charge on any atom is 0.223 e. The molecule has 0 N–H and O–H groups in total. The van der Waals surface area contributed by atoms with Crippen LogP contribution < -0.4 is 0 Å². The molecule has 2 heterocycles. The van der Waals surface area contributed by atoms with Crippen LogP contribution in [0.4, 0.5) is 0 Å². The lowest BCUT2D eigenvalue weighted by Crippen LogP contribution is -2.50. The number of Topliss-reactive ketones (excluding diaryl/α,β-unsaturated/α-hetero) is 1. The molecule has 1 amide bonds. The molecule has 0 atom stereocenters. The number of carbonyl (C=O) groups is 2. The molecule has 1 aromatic rings. The summed E-state index contributed by atoms with van der Waals surface area (Å²) in [5.41, 5.74) is 0. The standard InChI is InChI=1S/C13H18N2O4S2/c1-21(18,19)15-8-6-14(7-9-15)13(17)5-4-11(16)12-3-2-10-20-12/h2-3,10H,4-9H2,1H3. The van der Waals surface area contributed by atoms with Crippen molar-refractivity contribution in [3.8, 4) is 0 Å². The Kier molecular flexibility index (Phi) is 5.13. The van der Waals surface area contributed by atoms with Gasteiger partial charge < -0.3 is 4.90 Å². The molecular formula is C13H18N2O4S2. The Morgan fingerprint density at radius 3 is 2.38 bits per heavy atom. The molecule has 0 aromatic carbocycles. The predicted octanol–water partition coefficient (Wildman–Crippen LogP) is 0.815. The molecule has 0 radical (unpaired) electrons. The Hall–Kier alpha value is -1.25. The van der Waals surface area contributed by atoms with E-state index in [2.05, 4.69) is 0 Å².